The van der Waals surface area contributed by atoms with E-state index < -0.39 is 5.97 Å². The number of likely N-dealkylation sites (tertiary alicyclic amines) is 1. The van der Waals surface area contributed by atoms with Gasteiger partial charge in [-0.1, -0.05) is 0 Å². The molecule has 1 unspecified atom stereocenters. The zero-order chi connectivity index (χ0) is 13.0. The monoisotopic (exact) mass is 242 g/mol. The molecule has 1 atom stereocenters. The molecule has 1 heterocycles. The zero-order valence-electron chi connectivity index (χ0n) is 10.2. The van der Waals surface area contributed by atoms with E-state index in [0.717, 1.165) is 0 Å². The van der Waals surface area contributed by atoms with E-state index in [1.807, 2.05) is 13.8 Å². The Balaban J connectivity index is 2.62. The van der Waals surface area contributed by atoms with Crippen LogP contribution in [0.3, 0.4) is 0 Å². The lowest BCUT2D eigenvalue weighted by atomic mass is 10.1. The predicted molar refractivity (Wildman–Crippen MR) is 60.3 cm³/mol. The molecule has 17 heavy (non-hydrogen) atoms. The van der Waals surface area contributed by atoms with E-state index >= 15 is 0 Å². The third-order valence-corrected chi connectivity index (χ3v) is 2.96. The number of carboxylic acids is 1. The SMILES string of the molecule is CCN(CC)C(=O)C1CC(=O)N(CC(=O)O)C1. The second-order valence-electron chi connectivity index (χ2n) is 4.08. The van der Waals surface area contributed by atoms with E-state index in [1.54, 1.807) is 4.90 Å². The van der Waals surface area contributed by atoms with E-state index in [2.05, 4.69) is 0 Å². The fourth-order valence-corrected chi connectivity index (χ4v) is 2.05. The summed E-state index contributed by atoms with van der Waals surface area (Å²) in [6.07, 6.45) is 0.128. The fraction of sp³-hybridized carbons (Fsp3) is 0.727. The Morgan fingerprint density at radius 2 is 2.00 bits per heavy atom. The van der Waals surface area contributed by atoms with Crippen LogP contribution < -0.4 is 0 Å². The van der Waals surface area contributed by atoms with Crippen molar-refractivity contribution in [3.63, 3.8) is 0 Å². The van der Waals surface area contributed by atoms with E-state index in [1.165, 1.54) is 4.90 Å². The molecule has 1 saturated heterocycles. The number of aliphatic carboxylic acids is 1. The minimum atomic E-state index is -1.05. The van der Waals surface area contributed by atoms with Gasteiger partial charge >= 0.3 is 5.97 Å². The largest absolute Gasteiger partial charge is 0.480 e. The highest BCUT2D eigenvalue weighted by atomic mass is 16.4. The van der Waals surface area contributed by atoms with Gasteiger partial charge in [0, 0.05) is 26.1 Å². The Hall–Kier alpha value is -1.59. The van der Waals surface area contributed by atoms with Crippen molar-refractivity contribution in [3.8, 4) is 0 Å². The average Bonchev–Trinajstić information content (AvgIpc) is 2.61. The number of hydrogen-bond donors (Lipinski definition) is 1. The smallest absolute Gasteiger partial charge is 0.323 e. The molecule has 0 aromatic rings. The molecule has 0 saturated carbocycles. The first-order chi connectivity index (χ1) is 7.99. The maximum Gasteiger partial charge on any atom is 0.323 e. The molecule has 1 N–H and O–H groups in total. The Kier molecular flexibility index (Phi) is 4.48. The standard InChI is InChI=1S/C11H18N2O4/c1-3-12(4-2)11(17)8-5-9(14)13(6-8)7-10(15)16/h8H,3-7H2,1-2H3,(H,15,16). The summed E-state index contributed by atoms with van der Waals surface area (Å²) < 4.78 is 0. The Morgan fingerprint density at radius 1 is 1.41 bits per heavy atom. The number of hydrogen-bond acceptors (Lipinski definition) is 3. The Morgan fingerprint density at radius 3 is 2.47 bits per heavy atom. The summed E-state index contributed by atoms with van der Waals surface area (Å²) >= 11 is 0. The summed E-state index contributed by atoms with van der Waals surface area (Å²) in [7, 11) is 0. The van der Waals surface area contributed by atoms with Crippen LogP contribution in [0, 0.1) is 5.92 Å². The summed E-state index contributed by atoms with van der Waals surface area (Å²) in [5.74, 6) is -1.75. The van der Waals surface area contributed by atoms with E-state index in [4.69, 9.17) is 5.11 Å². The van der Waals surface area contributed by atoms with Crippen molar-refractivity contribution < 1.29 is 19.5 Å². The van der Waals surface area contributed by atoms with Crippen molar-refractivity contribution in [2.45, 2.75) is 20.3 Å². The maximum absolute atomic E-state index is 12.0. The third kappa shape index (κ3) is 3.18. The zero-order valence-corrected chi connectivity index (χ0v) is 10.2. The summed E-state index contributed by atoms with van der Waals surface area (Å²) in [5.41, 5.74) is 0. The second-order valence-corrected chi connectivity index (χ2v) is 4.08. The molecule has 96 valence electrons. The highest BCUT2D eigenvalue weighted by Crippen LogP contribution is 2.19. The molecular weight excluding hydrogens is 224 g/mol. The minimum absolute atomic E-state index is 0.0590. The van der Waals surface area contributed by atoms with Gasteiger partial charge in [0.15, 0.2) is 0 Å². The summed E-state index contributed by atoms with van der Waals surface area (Å²) in [6, 6.07) is 0. The van der Waals surface area contributed by atoms with Gasteiger partial charge < -0.3 is 14.9 Å². The molecule has 2 amide bonds. The topological polar surface area (TPSA) is 77.9 Å². The van der Waals surface area contributed by atoms with Crippen molar-refractivity contribution in [3.05, 3.63) is 0 Å². The number of nitrogens with zero attached hydrogens (tertiary/aromatic N) is 2. The van der Waals surface area contributed by atoms with Gasteiger partial charge in [-0.15, -0.1) is 0 Å². The fourth-order valence-electron chi connectivity index (χ4n) is 2.05. The van der Waals surface area contributed by atoms with Crippen LogP contribution in [0.1, 0.15) is 20.3 Å². The van der Waals surface area contributed by atoms with Crippen molar-refractivity contribution in [2.75, 3.05) is 26.2 Å². The van der Waals surface area contributed by atoms with Crippen LogP contribution in [0.4, 0.5) is 0 Å². The minimum Gasteiger partial charge on any atom is -0.480 e. The van der Waals surface area contributed by atoms with Crippen LogP contribution in [0.5, 0.6) is 0 Å². The van der Waals surface area contributed by atoms with Crippen LogP contribution in [0.2, 0.25) is 0 Å². The van der Waals surface area contributed by atoms with Crippen LogP contribution in [0.25, 0.3) is 0 Å². The molecule has 0 aromatic carbocycles. The second kappa shape index (κ2) is 5.65. The summed E-state index contributed by atoms with van der Waals surface area (Å²) in [5, 5.41) is 8.63. The quantitative estimate of drug-likeness (QED) is 0.723. The van der Waals surface area contributed by atoms with E-state index in [0.29, 0.717) is 13.1 Å². The number of carboxylic acid groups (broad SMARTS) is 1. The molecule has 0 radical (unpaired) electrons. The van der Waals surface area contributed by atoms with Gasteiger partial charge in [0.1, 0.15) is 6.54 Å². The van der Waals surface area contributed by atoms with Crippen LogP contribution >= 0.6 is 0 Å². The molecule has 6 heteroatoms. The molecular formula is C11H18N2O4. The van der Waals surface area contributed by atoms with Crippen LogP contribution in [-0.2, 0) is 14.4 Å². The normalized spacial score (nSPS) is 19.5. The third-order valence-electron chi connectivity index (χ3n) is 2.96. The average molecular weight is 242 g/mol. The van der Waals surface area contributed by atoms with Crippen LogP contribution in [0.15, 0.2) is 0 Å². The number of carbonyl (C=O) groups is 3. The highest BCUT2D eigenvalue weighted by Gasteiger charge is 2.36. The summed E-state index contributed by atoms with van der Waals surface area (Å²) in [6.45, 7) is 4.89. The molecule has 1 aliphatic rings. The number of amides is 2. The van der Waals surface area contributed by atoms with Crippen LogP contribution in [-0.4, -0.2) is 58.9 Å². The molecule has 0 spiro atoms. The molecule has 1 rings (SSSR count). The lowest BCUT2D eigenvalue weighted by molar-refractivity contribution is -0.142. The molecule has 1 aliphatic heterocycles. The maximum atomic E-state index is 12.0. The first kappa shape index (κ1) is 13.5. The molecule has 0 aliphatic carbocycles. The van der Waals surface area contributed by atoms with Crippen molar-refractivity contribution >= 4 is 17.8 Å². The van der Waals surface area contributed by atoms with Gasteiger partial charge in [-0.3, -0.25) is 14.4 Å². The van der Waals surface area contributed by atoms with Gasteiger partial charge in [-0.2, -0.15) is 0 Å². The molecule has 0 aromatic heterocycles. The first-order valence-corrected chi connectivity index (χ1v) is 5.77. The lowest BCUT2D eigenvalue weighted by Crippen LogP contribution is -2.37. The first-order valence-electron chi connectivity index (χ1n) is 5.77. The Bertz CT molecular complexity index is 325. The highest BCUT2D eigenvalue weighted by molar-refractivity contribution is 5.90. The lowest BCUT2D eigenvalue weighted by Gasteiger charge is -2.22. The van der Waals surface area contributed by atoms with E-state index in [-0.39, 0.29) is 37.2 Å². The Labute approximate surface area is 100 Å². The van der Waals surface area contributed by atoms with Gasteiger partial charge in [0.05, 0.1) is 5.92 Å². The van der Waals surface area contributed by atoms with Gasteiger partial charge in [0.25, 0.3) is 0 Å². The van der Waals surface area contributed by atoms with Gasteiger partial charge in [0.2, 0.25) is 11.8 Å². The number of carbonyl (C=O) groups excluding carboxylic acids is 2. The van der Waals surface area contributed by atoms with Crippen molar-refractivity contribution in [2.24, 2.45) is 5.92 Å². The van der Waals surface area contributed by atoms with Gasteiger partial charge in [-0.25, -0.2) is 0 Å². The van der Waals surface area contributed by atoms with Gasteiger partial charge in [-0.05, 0) is 13.8 Å². The summed E-state index contributed by atoms with van der Waals surface area (Å²) in [4.78, 5) is 36.9. The molecule has 6 nitrogen and oxygen atoms in total. The van der Waals surface area contributed by atoms with E-state index in [9.17, 15) is 14.4 Å². The number of rotatable bonds is 5. The molecule has 1 fully saturated rings. The predicted octanol–water partition coefficient (Wildman–Crippen LogP) is -0.212. The van der Waals surface area contributed by atoms with Crippen molar-refractivity contribution in [1.82, 2.24) is 9.80 Å². The van der Waals surface area contributed by atoms with Crippen molar-refractivity contribution in [1.29, 1.82) is 0 Å². The molecule has 0 bridgehead atoms.